The highest BCUT2D eigenvalue weighted by atomic mass is 35.5. The van der Waals surface area contributed by atoms with Crippen molar-refractivity contribution in [1.29, 1.82) is 0 Å². The van der Waals surface area contributed by atoms with Crippen molar-refractivity contribution in [3.8, 4) is 0 Å². The first-order chi connectivity index (χ1) is 11.6. The first-order valence-electron chi connectivity index (χ1n) is 8.10. The van der Waals surface area contributed by atoms with Gasteiger partial charge in [-0.3, -0.25) is 9.59 Å². The van der Waals surface area contributed by atoms with Crippen molar-refractivity contribution in [1.82, 2.24) is 10.6 Å². The highest BCUT2D eigenvalue weighted by Crippen LogP contribution is 2.16. The highest BCUT2D eigenvalue weighted by Gasteiger charge is 2.23. The molecule has 3 N–H and O–H groups in total. The molecule has 7 heteroatoms. The average Bonchev–Trinajstić information content (AvgIpc) is 3.12. The number of amides is 2. The number of hydrogen-bond donors (Lipinski definition) is 3. The molecule has 0 spiro atoms. The SMILES string of the molecule is CC1CNCCC1NC(=O)c1cccc(NC(=O)c2cccs2)c1.Cl. The van der Waals surface area contributed by atoms with Gasteiger partial charge in [0.1, 0.15) is 0 Å². The Morgan fingerprint density at radius 2 is 2.04 bits per heavy atom. The molecular formula is C18H22ClN3O2S. The summed E-state index contributed by atoms with van der Waals surface area (Å²) >= 11 is 1.39. The van der Waals surface area contributed by atoms with Crippen LogP contribution in [0, 0.1) is 5.92 Å². The van der Waals surface area contributed by atoms with Crippen LogP contribution in [0.3, 0.4) is 0 Å². The number of anilines is 1. The number of halogens is 1. The fourth-order valence-electron chi connectivity index (χ4n) is 2.82. The first kappa shape index (κ1) is 19.4. The minimum absolute atomic E-state index is 0. The molecule has 1 fully saturated rings. The Morgan fingerprint density at radius 3 is 2.76 bits per heavy atom. The second kappa shape index (κ2) is 8.99. The predicted octanol–water partition coefficient (Wildman–Crippen LogP) is 3.15. The topological polar surface area (TPSA) is 70.2 Å². The van der Waals surface area contributed by atoms with Crippen LogP contribution in [0.2, 0.25) is 0 Å². The Labute approximate surface area is 157 Å². The van der Waals surface area contributed by atoms with E-state index >= 15 is 0 Å². The molecule has 134 valence electrons. The number of carbonyl (C=O) groups excluding carboxylic acids is 2. The summed E-state index contributed by atoms with van der Waals surface area (Å²) in [6.45, 7) is 3.98. The largest absolute Gasteiger partial charge is 0.349 e. The van der Waals surface area contributed by atoms with Crippen molar-refractivity contribution >= 4 is 41.2 Å². The normalized spacial score (nSPS) is 19.6. The molecule has 0 saturated carbocycles. The monoisotopic (exact) mass is 379 g/mol. The molecule has 5 nitrogen and oxygen atoms in total. The van der Waals surface area contributed by atoms with Gasteiger partial charge in [0.2, 0.25) is 0 Å². The molecule has 2 unspecified atom stereocenters. The molecule has 1 saturated heterocycles. The maximum absolute atomic E-state index is 12.5. The summed E-state index contributed by atoms with van der Waals surface area (Å²) in [6.07, 6.45) is 0.932. The molecule has 2 aromatic rings. The number of rotatable bonds is 4. The Balaban J connectivity index is 0.00000225. The third kappa shape index (κ3) is 5.04. The number of carbonyl (C=O) groups is 2. The molecule has 1 aromatic carbocycles. The van der Waals surface area contributed by atoms with Crippen LogP contribution in [0.15, 0.2) is 41.8 Å². The van der Waals surface area contributed by atoms with Gasteiger partial charge in [-0.1, -0.05) is 19.1 Å². The van der Waals surface area contributed by atoms with Crippen LogP contribution in [0.4, 0.5) is 5.69 Å². The third-order valence-corrected chi connectivity index (χ3v) is 5.10. The number of piperidine rings is 1. The van der Waals surface area contributed by atoms with Crippen molar-refractivity contribution in [3.05, 3.63) is 52.2 Å². The van der Waals surface area contributed by atoms with Crippen LogP contribution >= 0.6 is 23.7 Å². The van der Waals surface area contributed by atoms with Gasteiger partial charge in [0, 0.05) is 17.3 Å². The lowest BCUT2D eigenvalue weighted by Crippen LogP contribution is -2.48. The zero-order chi connectivity index (χ0) is 16.9. The van der Waals surface area contributed by atoms with Crippen LogP contribution in [0.25, 0.3) is 0 Å². The highest BCUT2D eigenvalue weighted by molar-refractivity contribution is 7.12. The van der Waals surface area contributed by atoms with Gasteiger partial charge >= 0.3 is 0 Å². The van der Waals surface area contributed by atoms with Crippen LogP contribution in [0.1, 0.15) is 33.4 Å². The Kier molecular flexibility index (Phi) is 6.99. The molecule has 25 heavy (non-hydrogen) atoms. The molecule has 0 radical (unpaired) electrons. The quantitative estimate of drug-likeness (QED) is 0.764. The predicted molar refractivity (Wildman–Crippen MR) is 104 cm³/mol. The maximum atomic E-state index is 12.5. The van der Waals surface area contributed by atoms with E-state index < -0.39 is 0 Å². The zero-order valence-corrected chi connectivity index (χ0v) is 15.6. The number of hydrogen-bond acceptors (Lipinski definition) is 4. The van der Waals surface area contributed by atoms with Gasteiger partial charge in [0.25, 0.3) is 11.8 Å². The molecule has 2 heterocycles. The van der Waals surface area contributed by atoms with Gasteiger partial charge in [-0.05, 0) is 55.1 Å². The summed E-state index contributed by atoms with van der Waals surface area (Å²) in [6, 6.07) is 10.8. The standard InChI is InChI=1S/C18H21N3O2S.ClH/c1-12-11-19-8-7-15(12)21-17(22)13-4-2-5-14(10-13)20-18(23)16-6-3-9-24-16;/h2-6,9-10,12,15,19H,7-8,11H2,1H3,(H,20,23)(H,21,22);1H. The molecule has 0 bridgehead atoms. The minimum atomic E-state index is -0.158. The summed E-state index contributed by atoms with van der Waals surface area (Å²) in [5, 5.41) is 11.1. The third-order valence-electron chi connectivity index (χ3n) is 4.23. The Hall–Kier alpha value is -1.89. The number of nitrogens with one attached hydrogen (secondary N) is 3. The summed E-state index contributed by atoms with van der Waals surface area (Å²) in [7, 11) is 0. The summed E-state index contributed by atoms with van der Waals surface area (Å²) in [5.74, 6) is 0.153. The molecule has 1 aliphatic rings. The minimum Gasteiger partial charge on any atom is -0.349 e. The van der Waals surface area contributed by atoms with E-state index in [0.717, 1.165) is 19.5 Å². The van der Waals surface area contributed by atoms with Gasteiger partial charge in [-0.25, -0.2) is 0 Å². The number of benzene rings is 1. The molecule has 1 aliphatic heterocycles. The van der Waals surface area contributed by atoms with Crippen molar-refractivity contribution in [2.45, 2.75) is 19.4 Å². The Morgan fingerprint density at radius 1 is 1.20 bits per heavy atom. The molecular weight excluding hydrogens is 358 g/mol. The van der Waals surface area contributed by atoms with Gasteiger partial charge in [-0.2, -0.15) is 0 Å². The van der Waals surface area contributed by atoms with Crippen molar-refractivity contribution in [3.63, 3.8) is 0 Å². The van der Waals surface area contributed by atoms with Gasteiger partial charge in [0.05, 0.1) is 4.88 Å². The van der Waals surface area contributed by atoms with E-state index in [1.54, 1.807) is 30.3 Å². The van der Waals surface area contributed by atoms with E-state index in [9.17, 15) is 9.59 Å². The second-order valence-electron chi connectivity index (χ2n) is 6.06. The van der Waals surface area contributed by atoms with E-state index in [4.69, 9.17) is 0 Å². The van der Waals surface area contributed by atoms with E-state index in [0.29, 0.717) is 22.0 Å². The van der Waals surface area contributed by atoms with Crippen LogP contribution in [0.5, 0.6) is 0 Å². The summed E-state index contributed by atoms with van der Waals surface area (Å²) in [5.41, 5.74) is 1.18. The van der Waals surface area contributed by atoms with Crippen molar-refractivity contribution < 1.29 is 9.59 Å². The second-order valence-corrected chi connectivity index (χ2v) is 7.01. The van der Waals surface area contributed by atoms with E-state index in [2.05, 4.69) is 22.9 Å². The summed E-state index contributed by atoms with van der Waals surface area (Å²) in [4.78, 5) is 25.2. The maximum Gasteiger partial charge on any atom is 0.265 e. The molecule has 2 atom stereocenters. The van der Waals surface area contributed by atoms with Gasteiger partial charge < -0.3 is 16.0 Å². The molecule has 3 rings (SSSR count). The van der Waals surface area contributed by atoms with E-state index in [1.165, 1.54) is 11.3 Å². The lowest BCUT2D eigenvalue weighted by molar-refractivity contribution is 0.0913. The van der Waals surface area contributed by atoms with Gasteiger partial charge in [0.15, 0.2) is 0 Å². The molecule has 0 aliphatic carbocycles. The van der Waals surface area contributed by atoms with E-state index in [-0.39, 0.29) is 30.3 Å². The van der Waals surface area contributed by atoms with E-state index in [1.807, 2.05) is 11.4 Å². The van der Waals surface area contributed by atoms with Gasteiger partial charge in [-0.15, -0.1) is 23.7 Å². The van der Waals surface area contributed by atoms with Crippen LogP contribution < -0.4 is 16.0 Å². The van der Waals surface area contributed by atoms with Crippen LogP contribution in [-0.4, -0.2) is 30.9 Å². The Bertz CT molecular complexity index is 721. The van der Waals surface area contributed by atoms with Crippen molar-refractivity contribution in [2.24, 2.45) is 5.92 Å². The average molecular weight is 380 g/mol. The van der Waals surface area contributed by atoms with Crippen molar-refractivity contribution in [2.75, 3.05) is 18.4 Å². The number of thiophene rings is 1. The lowest BCUT2D eigenvalue weighted by atomic mass is 9.95. The lowest BCUT2D eigenvalue weighted by Gasteiger charge is -2.30. The first-order valence-corrected chi connectivity index (χ1v) is 8.98. The van der Waals surface area contributed by atoms with Crippen LogP contribution in [-0.2, 0) is 0 Å². The smallest absolute Gasteiger partial charge is 0.265 e. The molecule has 1 aromatic heterocycles. The zero-order valence-electron chi connectivity index (χ0n) is 14.0. The fourth-order valence-corrected chi connectivity index (χ4v) is 3.44. The summed E-state index contributed by atoms with van der Waals surface area (Å²) < 4.78 is 0. The fraction of sp³-hybridized carbons (Fsp3) is 0.333. The molecule has 2 amide bonds.